The minimum absolute atomic E-state index is 0.543. The van der Waals surface area contributed by atoms with Crippen molar-refractivity contribution in [2.24, 2.45) is 5.92 Å². The Hall–Kier alpha value is -1.55. The number of aromatic amines is 1. The molecule has 3 N–H and O–H groups in total. The second-order valence-corrected chi connectivity index (χ2v) is 6.79. The van der Waals surface area contributed by atoms with E-state index in [0.717, 1.165) is 24.0 Å². The van der Waals surface area contributed by atoms with Gasteiger partial charge in [0.15, 0.2) is 5.11 Å². The van der Waals surface area contributed by atoms with Crippen molar-refractivity contribution >= 4 is 28.2 Å². The molecule has 0 saturated heterocycles. The third-order valence-corrected chi connectivity index (χ3v) is 5.04. The Balaban J connectivity index is 1.47. The molecule has 0 unspecified atom stereocenters. The SMILES string of the molecule is C[C@H]1CCCC[C@H]1NC(=S)NCCc1c[nH]c2ccccc12. The summed E-state index contributed by atoms with van der Waals surface area (Å²) in [5.41, 5.74) is 2.55. The standard InChI is InChI=1S/C18H25N3S/c1-13-6-2-4-8-16(13)21-18(22)19-11-10-14-12-20-17-9-5-3-7-15(14)17/h3,5,7,9,12-13,16,20H,2,4,6,8,10-11H2,1H3,(H2,19,21,22)/t13-,16+/m0/s1. The van der Waals surface area contributed by atoms with Crippen LogP contribution in [0.25, 0.3) is 10.9 Å². The third-order valence-electron chi connectivity index (χ3n) is 4.78. The maximum absolute atomic E-state index is 5.45. The van der Waals surface area contributed by atoms with E-state index in [1.165, 1.54) is 42.1 Å². The van der Waals surface area contributed by atoms with Crippen LogP contribution in [-0.2, 0) is 6.42 Å². The molecule has 1 aromatic carbocycles. The minimum Gasteiger partial charge on any atom is -0.362 e. The summed E-state index contributed by atoms with van der Waals surface area (Å²) in [6, 6.07) is 8.97. The van der Waals surface area contributed by atoms with Crippen LogP contribution in [0.5, 0.6) is 0 Å². The Bertz CT molecular complexity index is 634. The van der Waals surface area contributed by atoms with Gasteiger partial charge < -0.3 is 15.6 Å². The van der Waals surface area contributed by atoms with E-state index in [-0.39, 0.29) is 0 Å². The first-order valence-electron chi connectivity index (χ1n) is 8.33. The predicted molar refractivity (Wildman–Crippen MR) is 97.2 cm³/mol. The normalized spacial score (nSPS) is 21.7. The number of rotatable bonds is 4. The number of H-pyrrole nitrogens is 1. The van der Waals surface area contributed by atoms with E-state index in [1.54, 1.807) is 0 Å². The molecule has 0 spiro atoms. The summed E-state index contributed by atoms with van der Waals surface area (Å²) in [6.07, 6.45) is 8.32. The van der Waals surface area contributed by atoms with Crippen LogP contribution in [0.1, 0.15) is 38.2 Å². The summed E-state index contributed by atoms with van der Waals surface area (Å²) in [6.45, 7) is 3.19. The van der Waals surface area contributed by atoms with Crippen LogP contribution < -0.4 is 10.6 Å². The van der Waals surface area contributed by atoms with Gasteiger partial charge in [0.2, 0.25) is 0 Å². The fraction of sp³-hybridized carbons (Fsp3) is 0.500. The van der Waals surface area contributed by atoms with Gasteiger partial charge in [0.1, 0.15) is 0 Å². The lowest BCUT2D eigenvalue weighted by molar-refractivity contribution is 0.308. The lowest BCUT2D eigenvalue weighted by Gasteiger charge is -2.30. The molecule has 0 bridgehead atoms. The predicted octanol–water partition coefficient (Wildman–Crippen LogP) is 3.75. The zero-order chi connectivity index (χ0) is 15.4. The van der Waals surface area contributed by atoms with E-state index in [1.807, 2.05) is 0 Å². The van der Waals surface area contributed by atoms with E-state index >= 15 is 0 Å². The van der Waals surface area contributed by atoms with Gasteiger partial charge in [0, 0.05) is 29.7 Å². The molecule has 1 aliphatic rings. The summed E-state index contributed by atoms with van der Waals surface area (Å²) in [5.74, 6) is 0.724. The number of fused-ring (bicyclic) bond motifs is 1. The average Bonchev–Trinajstić information content (AvgIpc) is 2.93. The van der Waals surface area contributed by atoms with E-state index in [0.29, 0.717) is 6.04 Å². The molecule has 0 radical (unpaired) electrons. The first kappa shape index (κ1) is 15.3. The van der Waals surface area contributed by atoms with Crippen molar-refractivity contribution in [3.8, 4) is 0 Å². The van der Waals surface area contributed by atoms with Gasteiger partial charge in [-0.05, 0) is 49.0 Å². The van der Waals surface area contributed by atoms with Crippen molar-refractivity contribution in [3.05, 3.63) is 36.0 Å². The van der Waals surface area contributed by atoms with Gasteiger partial charge in [-0.3, -0.25) is 0 Å². The van der Waals surface area contributed by atoms with Crippen LogP contribution >= 0.6 is 12.2 Å². The number of nitrogens with one attached hydrogen (secondary N) is 3. The zero-order valence-corrected chi connectivity index (χ0v) is 14.0. The molecule has 3 rings (SSSR count). The highest BCUT2D eigenvalue weighted by atomic mass is 32.1. The number of thiocarbonyl (C=S) groups is 1. The van der Waals surface area contributed by atoms with Crippen LogP contribution in [0.4, 0.5) is 0 Å². The topological polar surface area (TPSA) is 39.8 Å². The molecule has 22 heavy (non-hydrogen) atoms. The Morgan fingerprint density at radius 2 is 2.09 bits per heavy atom. The highest BCUT2D eigenvalue weighted by Gasteiger charge is 2.21. The van der Waals surface area contributed by atoms with Gasteiger partial charge in [-0.2, -0.15) is 0 Å². The van der Waals surface area contributed by atoms with Crippen LogP contribution in [0.3, 0.4) is 0 Å². The number of hydrogen-bond acceptors (Lipinski definition) is 1. The van der Waals surface area contributed by atoms with E-state index in [4.69, 9.17) is 12.2 Å². The quantitative estimate of drug-likeness (QED) is 0.753. The molecule has 0 aliphatic heterocycles. The molecule has 1 aliphatic carbocycles. The lowest BCUT2D eigenvalue weighted by atomic mass is 9.86. The number of para-hydroxylation sites is 1. The van der Waals surface area contributed by atoms with Crippen molar-refractivity contribution in [1.82, 2.24) is 15.6 Å². The van der Waals surface area contributed by atoms with Crippen LogP contribution in [0, 0.1) is 5.92 Å². The Morgan fingerprint density at radius 1 is 1.27 bits per heavy atom. The summed E-state index contributed by atoms with van der Waals surface area (Å²) in [7, 11) is 0. The largest absolute Gasteiger partial charge is 0.362 e. The van der Waals surface area contributed by atoms with Crippen molar-refractivity contribution in [3.63, 3.8) is 0 Å². The number of aromatic nitrogens is 1. The fourth-order valence-electron chi connectivity index (χ4n) is 3.40. The Morgan fingerprint density at radius 3 is 2.95 bits per heavy atom. The fourth-order valence-corrected chi connectivity index (χ4v) is 3.65. The molecule has 2 aromatic rings. The molecule has 3 nitrogen and oxygen atoms in total. The van der Waals surface area contributed by atoms with E-state index in [2.05, 4.69) is 53.0 Å². The minimum atomic E-state index is 0.543. The maximum Gasteiger partial charge on any atom is 0.166 e. The third kappa shape index (κ3) is 3.61. The molecule has 0 amide bonds. The second kappa shape index (κ2) is 7.14. The molecule has 118 valence electrons. The molecule has 1 fully saturated rings. The van der Waals surface area contributed by atoms with Crippen molar-refractivity contribution in [2.75, 3.05) is 6.54 Å². The van der Waals surface area contributed by atoms with Crippen LogP contribution in [-0.4, -0.2) is 22.7 Å². The zero-order valence-electron chi connectivity index (χ0n) is 13.2. The van der Waals surface area contributed by atoms with Gasteiger partial charge in [-0.15, -0.1) is 0 Å². The van der Waals surface area contributed by atoms with Crippen LogP contribution in [0.2, 0.25) is 0 Å². The highest BCUT2D eigenvalue weighted by Crippen LogP contribution is 2.23. The monoisotopic (exact) mass is 315 g/mol. The summed E-state index contributed by atoms with van der Waals surface area (Å²) >= 11 is 5.45. The number of hydrogen-bond donors (Lipinski definition) is 3. The van der Waals surface area contributed by atoms with Gasteiger partial charge >= 0.3 is 0 Å². The lowest BCUT2D eigenvalue weighted by Crippen LogP contribution is -2.46. The molecule has 1 aromatic heterocycles. The van der Waals surface area contributed by atoms with E-state index < -0.39 is 0 Å². The molecular weight excluding hydrogens is 290 g/mol. The molecule has 2 atom stereocenters. The smallest absolute Gasteiger partial charge is 0.166 e. The highest BCUT2D eigenvalue weighted by molar-refractivity contribution is 7.80. The van der Waals surface area contributed by atoms with Crippen molar-refractivity contribution in [1.29, 1.82) is 0 Å². The van der Waals surface area contributed by atoms with E-state index in [9.17, 15) is 0 Å². The number of benzene rings is 1. The molecule has 4 heteroatoms. The van der Waals surface area contributed by atoms with Gasteiger partial charge in [0.05, 0.1) is 0 Å². The van der Waals surface area contributed by atoms with Gasteiger partial charge in [0.25, 0.3) is 0 Å². The van der Waals surface area contributed by atoms with Gasteiger partial charge in [-0.1, -0.05) is 38.0 Å². The average molecular weight is 315 g/mol. The molecule has 1 heterocycles. The van der Waals surface area contributed by atoms with Crippen molar-refractivity contribution < 1.29 is 0 Å². The second-order valence-electron chi connectivity index (χ2n) is 6.38. The maximum atomic E-state index is 5.45. The van der Waals surface area contributed by atoms with Gasteiger partial charge in [-0.25, -0.2) is 0 Å². The molecular formula is C18H25N3S. The molecule has 1 saturated carbocycles. The Kier molecular flexibility index (Phi) is 4.98. The first-order valence-corrected chi connectivity index (χ1v) is 8.74. The van der Waals surface area contributed by atoms with Crippen LogP contribution in [0.15, 0.2) is 30.5 Å². The summed E-state index contributed by atoms with van der Waals surface area (Å²) in [4.78, 5) is 3.32. The Labute approximate surface area is 137 Å². The summed E-state index contributed by atoms with van der Waals surface area (Å²) in [5, 5.41) is 8.97. The summed E-state index contributed by atoms with van der Waals surface area (Å²) < 4.78 is 0. The first-order chi connectivity index (χ1) is 10.7. The van der Waals surface area contributed by atoms with Crippen molar-refractivity contribution in [2.45, 2.75) is 45.1 Å².